The summed E-state index contributed by atoms with van der Waals surface area (Å²) in [5.74, 6) is 1.22. The number of anilines is 1. The number of hydrogen-bond donors (Lipinski definition) is 1. The van der Waals surface area contributed by atoms with Gasteiger partial charge in [-0.3, -0.25) is 19.7 Å². The van der Waals surface area contributed by atoms with Crippen LogP contribution in [0.1, 0.15) is 17.4 Å². The highest BCUT2D eigenvalue weighted by atomic mass is 16.5. The second kappa shape index (κ2) is 6.04. The number of guanidine groups is 1. The Morgan fingerprint density at radius 2 is 2.17 bits per heavy atom. The third-order valence-corrected chi connectivity index (χ3v) is 4.09. The smallest absolute Gasteiger partial charge is 0.257 e. The highest BCUT2D eigenvalue weighted by Crippen LogP contribution is 2.25. The van der Waals surface area contributed by atoms with Gasteiger partial charge >= 0.3 is 0 Å². The monoisotopic (exact) mass is 326 g/mol. The van der Waals surface area contributed by atoms with Crippen LogP contribution in [0, 0.1) is 6.92 Å². The van der Waals surface area contributed by atoms with Crippen molar-refractivity contribution in [3.63, 3.8) is 0 Å². The van der Waals surface area contributed by atoms with E-state index in [9.17, 15) is 4.79 Å². The zero-order valence-electron chi connectivity index (χ0n) is 13.3. The van der Waals surface area contributed by atoms with E-state index in [0.717, 1.165) is 18.7 Å². The van der Waals surface area contributed by atoms with E-state index >= 15 is 0 Å². The zero-order valence-corrected chi connectivity index (χ0v) is 13.3. The first-order valence-electron chi connectivity index (χ1n) is 7.90. The first kappa shape index (κ1) is 14.8. The molecule has 0 amide bonds. The molecule has 4 rings (SSSR count). The maximum atomic E-state index is 12.5. The molecular weight excluding hydrogens is 308 g/mol. The summed E-state index contributed by atoms with van der Waals surface area (Å²) in [6.07, 6.45) is 2.95. The summed E-state index contributed by atoms with van der Waals surface area (Å²) in [7, 11) is 0. The second-order valence-electron chi connectivity index (χ2n) is 5.77. The SMILES string of the molecule is Cc1cc(=O)n2c(n1)NC(N1CCOCC1)=NC2c1cccnc1. The van der Waals surface area contributed by atoms with Crippen molar-refractivity contribution in [2.75, 3.05) is 31.6 Å². The van der Waals surface area contributed by atoms with Gasteiger partial charge in [0, 0.05) is 42.8 Å². The van der Waals surface area contributed by atoms with Gasteiger partial charge in [0.1, 0.15) is 0 Å². The van der Waals surface area contributed by atoms with Crippen molar-refractivity contribution in [2.45, 2.75) is 13.1 Å². The molecule has 124 valence electrons. The number of fused-ring (bicyclic) bond motifs is 1. The minimum Gasteiger partial charge on any atom is -0.378 e. The standard InChI is InChI=1S/C16H18N6O2/c1-11-9-13(23)22-14(12-3-2-4-17-10-12)19-15(20-16(22)18-11)21-5-7-24-8-6-21/h2-4,9-10,14H,5-8H2,1H3,(H,18,19,20). The minimum atomic E-state index is -0.478. The minimum absolute atomic E-state index is 0.136. The number of aliphatic imine (C=N–C) groups is 1. The molecule has 2 aromatic rings. The molecule has 8 heteroatoms. The molecule has 0 aromatic carbocycles. The Kier molecular flexibility index (Phi) is 3.73. The number of pyridine rings is 1. The number of nitrogens with zero attached hydrogens (tertiary/aromatic N) is 5. The highest BCUT2D eigenvalue weighted by molar-refractivity contribution is 5.93. The number of aromatic nitrogens is 3. The fourth-order valence-electron chi connectivity index (χ4n) is 2.92. The summed E-state index contributed by atoms with van der Waals surface area (Å²) in [4.78, 5) is 28.0. The molecule has 1 fully saturated rings. The second-order valence-corrected chi connectivity index (χ2v) is 5.77. The first-order chi connectivity index (χ1) is 11.7. The Labute approximate surface area is 138 Å². The van der Waals surface area contributed by atoms with Crippen molar-refractivity contribution >= 4 is 11.9 Å². The van der Waals surface area contributed by atoms with Gasteiger partial charge in [0.25, 0.3) is 5.56 Å². The summed E-state index contributed by atoms with van der Waals surface area (Å²) in [5, 5.41) is 3.20. The van der Waals surface area contributed by atoms with E-state index in [2.05, 4.69) is 20.2 Å². The lowest BCUT2D eigenvalue weighted by atomic mass is 10.2. The summed E-state index contributed by atoms with van der Waals surface area (Å²) < 4.78 is 6.97. The van der Waals surface area contributed by atoms with Crippen LogP contribution in [0.4, 0.5) is 5.95 Å². The average molecular weight is 326 g/mol. The summed E-state index contributed by atoms with van der Waals surface area (Å²) >= 11 is 0. The van der Waals surface area contributed by atoms with Crippen LogP contribution < -0.4 is 10.9 Å². The van der Waals surface area contributed by atoms with Crippen molar-refractivity contribution in [1.29, 1.82) is 0 Å². The van der Waals surface area contributed by atoms with E-state index in [0.29, 0.717) is 30.8 Å². The van der Waals surface area contributed by atoms with E-state index in [-0.39, 0.29) is 5.56 Å². The Morgan fingerprint density at radius 3 is 2.92 bits per heavy atom. The molecule has 0 saturated carbocycles. The van der Waals surface area contributed by atoms with Crippen LogP contribution in [0.25, 0.3) is 0 Å². The van der Waals surface area contributed by atoms with E-state index in [1.807, 2.05) is 19.1 Å². The van der Waals surface area contributed by atoms with Crippen molar-refractivity contribution in [2.24, 2.45) is 4.99 Å². The van der Waals surface area contributed by atoms with Crippen molar-refractivity contribution < 1.29 is 4.74 Å². The fraction of sp³-hybridized carbons (Fsp3) is 0.375. The van der Waals surface area contributed by atoms with Crippen LogP contribution in [0.2, 0.25) is 0 Å². The highest BCUT2D eigenvalue weighted by Gasteiger charge is 2.28. The molecule has 2 aliphatic heterocycles. The van der Waals surface area contributed by atoms with Crippen LogP contribution in [0.15, 0.2) is 40.4 Å². The maximum absolute atomic E-state index is 12.5. The normalized spacial score (nSPS) is 20.1. The van der Waals surface area contributed by atoms with Gasteiger partial charge in [-0.05, 0) is 13.0 Å². The summed E-state index contributed by atoms with van der Waals surface area (Å²) in [5.41, 5.74) is 1.38. The molecule has 4 heterocycles. The van der Waals surface area contributed by atoms with Gasteiger partial charge in [-0.1, -0.05) is 6.07 Å². The largest absolute Gasteiger partial charge is 0.378 e. The molecule has 1 unspecified atom stereocenters. The molecule has 2 aromatic heterocycles. The molecule has 1 saturated heterocycles. The molecule has 1 atom stereocenters. The number of rotatable bonds is 1. The van der Waals surface area contributed by atoms with Crippen LogP contribution in [0.5, 0.6) is 0 Å². The van der Waals surface area contributed by atoms with Gasteiger partial charge in [0.2, 0.25) is 11.9 Å². The summed E-state index contributed by atoms with van der Waals surface area (Å²) in [6, 6.07) is 5.27. The molecule has 0 aliphatic carbocycles. The van der Waals surface area contributed by atoms with Crippen LogP contribution >= 0.6 is 0 Å². The Bertz CT molecular complexity index is 826. The molecule has 1 N–H and O–H groups in total. The number of nitrogens with one attached hydrogen (secondary N) is 1. The third-order valence-electron chi connectivity index (χ3n) is 4.09. The fourth-order valence-corrected chi connectivity index (χ4v) is 2.92. The number of hydrogen-bond acceptors (Lipinski definition) is 7. The van der Waals surface area contributed by atoms with E-state index < -0.39 is 6.17 Å². The van der Waals surface area contributed by atoms with Gasteiger partial charge in [0.15, 0.2) is 6.17 Å². The van der Waals surface area contributed by atoms with E-state index in [4.69, 9.17) is 9.73 Å². The van der Waals surface area contributed by atoms with Gasteiger partial charge in [-0.25, -0.2) is 9.98 Å². The van der Waals surface area contributed by atoms with Crippen molar-refractivity contribution in [1.82, 2.24) is 19.4 Å². The lowest BCUT2D eigenvalue weighted by molar-refractivity contribution is 0.0675. The predicted octanol–water partition coefficient (Wildman–Crippen LogP) is 0.607. The molecule has 0 bridgehead atoms. The number of morpholine rings is 1. The maximum Gasteiger partial charge on any atom is 0.257 e. The molecule has 0 spiro atoms. The number of aryl methyl sites for hydroxylation is 1. The first-order valence-corrected chi connectivity index (χ1v) is 7.90. The van der Waals surface area contributed by atoms with Crippen molar-refractivity contribution in [3.8, 4) is 0 Å². The topological polar surface area (TPSA) is 84.6 Å². The van der Waals surface area contributed by atoms with Gasteiger partial charge in [-0.2, -0.15) is 0 Å². The molecule has 0 radical (unpaired) electrons. The van der Waals surface area contributed by atoms with Gasteiger partial charge in [-0.15, -0.1) is 0 Å². The lowest BCUT2D eigenvalue weighted by Crippen LogP contribution is -2.47. The van der Waals surface area contributed by atoms with Crippen LogP contribution in [-0.2, 0) is 4.74 Å². The van der Waals surface area contributed by atoms with Gasteiger partial charge in [0.05, 0.1) is 13.2 Å². The van der Waals surface area contributed by atoms with E-state index in [1.54, 1.807) is 17.0 Å². The quantitative estimate of drug-likeness (QED) is 0.826. The Balaban J connectivity index is 1.82. The van der Waals surface area contributed by atoms with Crippen LogP contribution in [-0.4, -0.2) is 51.7 Å². The average Bonchev–Trinajstić information content (AvgIpc) is 2.62. The predicted molar refractivity (Wildman–Crippen MR) is 89.1 cm³/mol. The third kappa shape index (κ3) is 2.65. The van der Waals surface area contributed by atoms with Crippen molar-refractivity contribution in [3.05, 3.63) is 52.2 Å². The molecule has 2 aliphatic rings. The Hall–Kier alpha value is -2.74. The number of ether oxygens (including phenoxy) is 1. The molecular formula is C16H18N6O2. The molecule has 8 nitrogen and oxygen atoms in total. The summed E-state index contributed by atoms with van der Waals surface area (Å²) in [6.45, 7) is 4.63. The lowest BCUT2D eigenvalue weighted by Gasteiger charge is -2.34. The zero-order chi connectivity index (χ0) is 16.5. The Morgan fingerprint density at radius 1 is 1.33 bits per heavy atom. The molecule has 24 heavy (non-hydrogen) atoms. The van der Waals surface area contributed by atoms with Gasteiger partial charge < -0.3 is 9.64 Å². The van der Waals surface area contributed by atoms with E-state index in [1.165, 1.54) is 6.07 Å². The van der Waals surface area contributed by atoms with Crippen LogP contribution in [0.3, 0.4) is 0 Å².